The lowest BCUT2D eigenvalue weighted by atomic mass is 10.1. The molecule has 2 aliphatic heterocycles. The largest absolute Gasteiger partial charge is 1.00 e. The molecule has 244 valence electrons. The second kappa shape index (κ2) is 17.6. The van der Waals surface area contributed by atoms with Crippen molar-refractivity contribution in [1.29, 1.82) is 0 Å². The molecular formula is C36H36Br2N4O3S2. The van der Waals surface area contributed by atoms with E-state index in [-0.39, 0.29) is 46.3 Å². The number of carbonyl (C=O) groups excluding carboxylic acids is 1. The second-order valence-corrected chi connectivity index (χ2v) is 12.4. The first-order valence-electron chi connectivity index (χ1n) is 14.8. The maximum atomic E-state index is 12.6. The number of fused-ring (bicyclic) bond motifs is 1. The van der Waals surface area contributed by atoms with Gasteiger partial charge in [0.2, 0.25) is 0 Å². The van der Waals surface area contributed by atoms with Crippen molar-refractivity contribution < 1.29 is 35.8 Å². The van der Waals surface area contributed by atoms with Crippen LogP contribution in [0.1, 0.15) is 10.4 Å². The van der Waals surface area contributed by atoms with Gasteiger partial charge in [0.05, 0.1) is 27.3 Å². The predicted molar refractivity (Wildman–Crippen MR) is 195 cm³/mol. The zero-order chi connectivity index (χ0) is 31.0. The molecule has 0 atom stereocenters. The third-order valence-corrected chi connectivity index (χ3v) is 9.58. The normalized spacial score (nSPS) is 12.8. The summed E-state index contributed by atoms with van der Waals surface area (Å²) in [6.45, 7) is 2.14. The Bertz CT molecular complexity index is 1770. The Labute approximate surface area is 305 Å². The predicted octanol–water partition coefficient (Wildman–Crippen LogP) is 4.62. The highest BCUT2D eigenvalue weighted by atomic mass is 79.9. The molecule has 0 spiro atoms. The van der Waals surface area contributed by atoms with Crippen molar-refractivity contribution in [2.75, 3.05) is 43.7 Å². The van der Waals surface area contributed by atoms with E-state index in [0.29, 0.717) is 0 Å². The average molecular weight is 797 g/mol. The summed E-state index contributed by atoms with van der Waals surface area (Å²) in [4.78, 5) is 19.1. The summed E-state index contributed by atoms with van der Waals surface area (Å²) in [7, 11) is 3.34. The highest BCUT2D eigenvalue weighted by Crippen LogP contribution is 2.30. The minimum Gasteiger partial charge on any atom is -1.00 e. The van der Waals surface area contributed by atoms with Crippen LogP contribution in [0, 0.1) is 0 Å². The average Bonchev–Trinajstić information content (AvgIpc) is 3.88. The van der Waals surface area contributed by atoms with E-state index < -0.39 is 0 Å². The maximum absolute atomic E-state index is 12.6. The number of anilines is 1. The quantitative estimate of drug-likeness (QED) is 0.169. The van der Waals surface area contributed by atoms with Crippen LogP contribution in [-0.2, 0) is 6.54 Å². The van der Waals surface area contributed by atoms with Crippen LogP contribution in [0.25, 0.3) is 16.9 Å². The van der Waals surface area contributed by atoms with Gasteiger partial charge in [0, 0.05) is 28.3 Å². The monoisotopic (exact) mass is 794 g/mol. The number of Topliss-reactive ketones (excluding diaryl/α,β-unsaturated/α-hetero) is 1. The SMILES string of the molecule is Br.COc1ccc(-n2cc(-c3ccccc3)[n+]3c2SCC3)cc1.COc1ccc(N(CC(=O)c2ccccc2)C2=NCCS2)cc1.[Br-]. The molecule has 11 heteroatoms. The Balaban J connectivity index is 0.000000204. The summed E-state index contributed by atoms with van der Waals surface area (Å²) >= 11 is 3.59. The van der Waals surface area contributed by atoms with E-state index in [1.54, 1.807) is 26.0 Å². The van der Waals surface area contributed by atoms with Crippen LogP contribution < -0.4 is 35.9 Å². The molecule has 0 amide bonds. The third-order valence-electron chi connectivity index (χ3n) is 7.53. The fourth-order valence-electron chi connectivity index (χ4n) is 5.22. The van der Waals surface area contributed by atoms with Gasteiger partial charge in [0.1, 0.15) is 29.9 Å². The standard InChI is InChI=1S/C18H18N2O2S.C18H17N2OS.2BrH/c1-22-16-9-7-15(8-10-16)20(18-19-11-12-23-18)13-17(21)14-5-3-2-4-6-14;1-21-16-9-7-15(8-10-16)20-13-17(14-5-3-2-4-6-14)19-11-12-22-18(19)20;;/h2-10H,11-13H2,1H3;2-10,13H,11-12H2,1H3;2*1H/q;+1;;/p-1. The number of methoxy groups -OCH3 is 2. The maximum Gasteiger partial charge on any atom is 0.323 e. The summed E-state index contributed by atoms with van der Waals surface area (Å²) in [6, 6.07) is 35.9. The first-order chi connectivity index (χ1) is 22.1. The summed E-state index contributed by atoms with van der Waals surface area (Å²) in [5.41, 5.74) is 5.37. The number of aromatic nitrogens is 2. The number of aliphatic imine (C=N–C) groups is 1. The molecular weight excluding hydrogens is 760 g/mol. The Kier molecular flexibility index (Phi) is 13.6. The second-order valence-electron chi connectivity index (χ2n) is 10.3. The molecule has 7 rings (SSSR count). The number of ketones is 1. The zero-order valence-corrected chi connectivity index (χ0v) is 31.1. The van der Waals surface area contributed by atoms with Crippen molar-refractivity contribution in [3.8, 4) is 28.4 Å². The number of amidine groups is 1. The highest BCUT2D eigenvalue weighted by Gasteiger charge is 2.30. The van der Waals surface area contributed by atoms with Crippen molar-refractivity contribution in [2.24, 2.45) is 4.99 Å². The first kappa shape index (κ1) is 36.3. The van der Waals surface area contributed by atoms with E-state index in [1.165, 1.54) is 22.1 Å². The summed E-state index contributed by atoms with van der Waals surface area (Å²) in [6.07, 6.45) is 2.23. The Morgan fingerprint density at radius 1 is 0.830 bits per heavy atom. The van der Waals surface area contributed by atoms with Crippen molar-refractivity contribution in [2.45, 2.75) is 11.7 Å². The van der Waals surface area contributed by atoms with E-state index in [0.717, 1.165) is 52.5 Å². The Morgan fingerprint density at radius 2 is 1.45 bits per heavy atom. The number of benzene rings is 4. The molecule has 4 aromatic carbocycles. The van der Waals surface area contributed by atoms with Crippen LogP contribution in [-0.4, -0.2) is 54.3 Å². The van der Waals surface area contributed by atoms with Gasteiger partial charge < -0.3 is 31.4 Å². The number of hydrogen-bond donors (Lipinski definition) is 0. The van der Waals surface area contributed by atoms with E-state index in [1.807, 2.05) is 83.4 Å². The van der Waals surface area contributed by atoms with Crippen molar-refractivity contribution in [1.82, 2.24) is 4.57 Å². The smallest absolute Gasteiger partial charge is 0.323 e. The Morgan fingerprint density at radius 3 is 2.04 bits per heavy atom. The van der Waals surface area contributed by atoms with Crippen molar-refractivity contribution in [3.63, 3.8) is 0 Å². The fourth-order valence-corrected chi connectivity index (χ4v) is 7.19. The number of halogens is 2. The third kappa shape index (κ3) is 8.70. The van der Waals surface area contributed by atoms with E-state index >= 15 is 0 Å². The molecule has 0 saturated heterocycles. The van der Waals surface area contributed by atoms with Crippen LogP contribution in [0.3, 0.4) is 0 Å². The molecule has 7 nitrogen and oxygen atoms in total. The van der Waals surface area contributed by atoms with E-state index in [2.05, 4.69) is 62.8 Å². The van der Waals surface area contributed by atoms with E-state index in [9.17, 15) is 4.79 Å². The molecule has 5 aromatic rings. The van der Waals surface area contributed by atoms with Crippen LogP contribution >= 0.6 is 40.5 Å². The molecule has 1 aromatic heterocycles. The minimum absolute atomic E-state index is 0. The van der Waals surface area contributed by atoms with Gasteiger partial charge in [0.25, 0.3) is 0 Å². The summed E-state index contributed by atoms with van der Waals surface area (Å²) in [5.74, 6) is 3.85. The number of carbonyl (C=O) groups is 1. The van der Waals surface area contributed by atoms with Crippen LogP contribution in [0.2, 0.25) is 0 Å². The van der Waals surface area contributed by atoms with Gasteiger partial charge in [-0.25, -0.2) is 4.57 Å². The van der Waals surface area contributed by atoms with Gasteiger partial charge in [-0.2, -0.15) is 4.57 Å². The first-order valence-corrected chi connectivity index (χ1v) is 16.8. The molecule has 0 saturated carbocycles. The summed E-state index contributed by atoms with van der Waals surface area (Å²) in [5, 5.41) is 2.20. The number of imidazole rings is 1. The van der Waals surface area contributed by atoms with Crippen LogP contribution in [0.15, 0.2) is 126 Å². The van der Waals surface area contributed by atoms with Gasteiger partial charge >= 0.3 is 5.16 Å². The lowest BCUT2D eigenvalue weighted by Gasteiger charge is -2.23. The van der Waals surface area contributed by atoms with Crippen molar-refractivity contribution >= 4 is 57.1 Å². The number of ether oxygens (including phenoxy) is 2. The zero-order valence-electron chi connectivity index (χ0n) is 26.1. The van der Waals surface area contributed by atoms with Gasteiger partial charge in [-0.05, 0) is 60.3 Å². The molecule has 0 radical (unpaired) electrons. The molecule has 0 fully saturated rings. The minimum atomic E-state index is 0. The number of hydrogen-bond acceptors (Lipinski definition) is 7. The number of nitrogens with zero attached hydrogens (tertiary/aromatic N) is 4. The molecule has 0 unspecified atom stereocenters. The van der Waals surface area contributed by atoms with Crippen LogP contribution in [0.4, 0.5) is 5.69 Å². The molecule has 0 aliphatic carbocycles. The Hall–Kier alpha value is -3.51. The van der Waals surface area contributed by atoms with E-state index in [4.69, 9.17) is 9.47 Å². The molecule has 2 aliphatic rings. The summed E-state index contributed by atoms with van der Waals surface area (Å²) < 4.78 is 15.1. The van der Waals surface area contributed by atoms with Gasteiger partial charge in [0.15, 0.2) is 16.6 Å². The molecule has 47 heavy (non-hydrogen) atoms. The lowest BCUT2D eigenvalue weighted by Crippen LogP contribution is -3.00. The fraction of sp³-hybridized carbons (Fsp3) is 0.194. The number of rotatable bonds is 8. The molecule has 0 N–H and O–H groups in total. The van der Waals surface area contributed by atoms with Crippen molar-refractivity contribution in [3.05, 3.63) is 121 Å². The molecule has 3 heterocycles. The van der Waals surface area contributed by atoms with Gasteiger partial charge in [-0.1, -0.05) is 72.4 Å². The highest BCUT2D eigenvalue weighted by molar-refractivity contribution is 8.93. The number of thioether (sulfide) groups is 2. The topological polar surface area (TPSA) is 59.9 Å². The van der Waals surface area contributed by atoms with Gasteiger partial charge in [-0.15, -0.1) is 17.0 Å². The van der Waals surface area contributed by atoms with Gasteiger partial charge in [-0.3, -0.25) is 9.79 Å². The lowest BCUT2D eigenvalue weighted by molar-refractivity contribution is -0.713. The molecule has 0 bridgehead atoms. The van der Waals surface area contributed by atoms with Crippen LogP contribution in [0.5, 0.6) is 11.5 Å².